The topological polar surface area (TPSA) is 63.1 Å². The van der Waals surface area contributed by atoms with Crippen molar-refractivity contribution < 1.29 is 4.79 Å². The Labute approximate surface area is 119 Å². The van der Waals surface area contributed by atoms with Crippen molar-refractivity contribution in [1.29, 1.82) is 0 Å². The number of hydrogen-bond donors (Lipinski definition) is 1. The molecule has 6 heteroatoms. The van der Waals surface area contributed by atoms with Crippen molar-refractivity contribution in [3.63, 3.8) is 0 Å². The second-order valence-electron chi connectivity index (χ2n) is 5.89. The highest BCUT2D eigenvalue weighted by Crippen LogP contribution is 2.17. The molecule has 1 aromatic heterocycles. The molecule has 1 aliphatic carbocycles. The first-order valence-electron chi connectivity index (χ1n) is 7.63. The standard InChI is InChI=1S/C14H23N5O/c1-11-16-17-13-10-18(8-9-19(11)13)7-6-14(20)15-12-4-2-3-5-12/h12H,2-10H2,1H3,(H,15,20). The molecule has 0 unspecified atom stereocenters. The normalized spacial score (nSPS) is 20.1. The lowest BCUT2D eigenvalue weighted by atomic mass is 10.2. The molecule has 20 heavy (non-hydrogen) atoms. The Hall–Kier alpha value is -1.43. The monoisotopic (exact) mass is 277 g/mol. The molecule has 0 atom stereocenters. The number of rotatable bonds is 4. The van der Waals surface area contributed by atoms with E-state index in [2.05, 4.69) is 25.0 Å². The molecule has 0 aromatic carbocycles. The first kappa shape index (κ1) is 13.5. The van der Waals surface area contributed by atoms with Gasteiger partial charge in [0.2, 0.25) is 5.91 Å². The van der Waals surface area contributed by atoms with E-state index in [4.69, 9.17) is 0 Å². The minimum Gasteiger partial charge on any atom is -0.353 e. The predicted octanol–water partition coefficient (Wildman–Crippen LogP) is 0.851. The van der Waals surface area contributed by atoms with Crippen molar-refractivity contribution in [3.8, 4) is 0 Å². The molecular formula is C14H23N5O. The van der Waals surface area contributed by atoms with E-state index in [1.165, 1.54) is 12.8 Å². The van der Waals surface area contributed by atoms with Gasteiger partial charge in [-0.3, -0.25) is 9.69 Å². The van der Waals surface area contributed by atoms with Crippen LogP contribution in [0.15, 0.2) is 0 Å². The minimum absolute atomic E-state index is 0.195. The number of nitrogens with one attached hydrogen (secondary N) is 1. The molecule has 1 amide bonds. The molecule has 6 nitrogen and oxygen atoms in total. The Bertz CT molecular complexity index is 478. The zero-order chi connectivity index (χ0) is 13.9. The maximum atomic E-state index is 11.9. The van der Waals surface area contributed by atoms with Crippen LogP contribution in [0.5, 0.6) is 0 Å². The summed E-state index contributed by atoms with van der Waals surface area (Å²) >= 11 is 0. The van der Waals surface area contributed by atoms with Crippen LogP contribution in [0.2, 0.25) is 0 Å². The van der Waals surface area contributed by atoms with Gasteiger partial charge < -0.3 is 9.88 Å². The van der Waals surface area contributed by atoms with Crippen molar-refractivity contribution in [3.05, 3.63) is 11.6 Å². The van der Waals surface area contributed by atoms with Gasteiger partial charge in [-0.25, -0.2) is 0 Å². The molecule has 2 heterocycles. The number of nitrogens with zero attached hydrogens (tertiary/aromatic N) is 4. The van der Waals surface area contributed by atoms with Crippen molar-refractivity contribution in [1.82, 2.24) is 25.0 Å². The highest BCUT2D eigenvalue weighted by atomic mass is 16.1. The van der Waals surface area contributed by atoms with E-state index in [0.29, 0.717) is 12.5 Å². The van der Waals surface area contributed by atoms with Gasteiger partial charge in [0.1, 0.15) is 11.6 Å². The van der Waals surface area contributed by atoms with E-state index >= 15 is 0 Å². The summed E-state index contributed by atoms with van der Waals surface area (Å²) in [4.78, 5) is 14.2. The maximum Gasteiger partial charge on any atom is 0.221 e. The van der Waals surface area contributed by atoms with Crippen LogP contribution in [-0.2, 0) is 17.9 Å². The quantitative estimate of drug-likeness (QED) is 0.886. The van der Waals surface area contributed by atoms with Gasteiger partial charge >= 0.3 is 0 Å². The number of carbonyl (C=O) groups excluding carboxylic acids is 1. The third-order valence-electron chi connectivity index (χ3n) is 4.39. The van der Waals surface area contributed by atoms with Crippen LogP contribution in [0.1, 0.15) is 43.8 Å². The molecule has 1 fully saturated rings. The Morgan fingerprint density at radius 1 is 1.30 bits per heavy atom. The van der Waals surface area contributed by atoms with Gasteiger partial charge in [-0.05, 0) is 19.8 Å². The first-order chi connectivity index (χ1) is 9.72. The fraction of sp³-hybridized carbons (Fsp3) is 0.786. The van der Waals surface area contributed by atoms with Crippen LogP contribution in [0.4, 0.5) is 0 Å². The number of carbonyl (C=O) groups is 1. The Morgan fingerprint density at radius 3 is 2.90 bits per heavy atom. The van der Waals surface area contributed by atoms with Gasteiger partial charge in [-0.1, -0.05) is 12.8 Å². The molecule has 1 aromatic rings. The number of amides is 1. The molecule has 110 valence electrons. The maximum absolute atomic E-state index is 11.9. The first-order valence-corrected chi connectivity index (χ1v) is 7.63. The summed E-state index contributed by atoms with van der Waals surface area (Å²) < 4.78 is 2.16. The number of fused-ring (bicyclic) bond motifs is 1. The fourth-order valence-corrected chi connectivity index (χ4v) is 3.17. The van der Waals surface area contributed by atoms with Crippen molar-refractivity contribution in [2.75, 3.05) is 13.1 Å². The van der Waals surface area contributed by atoms with E-state index < -0.39 is 0 Å². The minimum atomic E-state index is 0.195. The molecule has 1 N–H and O–H groups in total. The smallest absolute Gasteiger partial charge is 0.221 e. The van der Waals surface area contributed by atoms with Gasteiger partial charge in [0, 0.05) is 32.1 Å². The summed E-state index contributed by atoms with van der Waals surface area (Å²) in [6.07, 6.45) is 5.40. The zero-order valence-corrected chi connectivity index (χ0v) is 12.1. The highest BCUT2D eigenvalue weighted by Gasteiger charge is 2.21. The number of aromatic nitrogens is 3. The molecule has 3 rings (SSSR count). The average molecular weight is 277 g/mol. The molecule has 1 saturated carbocycles. The summed E-state index contributed by atoms with van der Waals surface area (Å²) in [5, 5.41) is 11.4. The molecule has 0 spiro atoms. The summed E-state index contributed by atoms with van der Waals surface area (Å²) in [6, 6.07) is 0.426. The lowest BCUT2D eigenvalue weighted by Gasteiger charge is -2.27. The SMILES string of the molecule is Cc1nnc2n1CCN(CCC(=O)NC1CCCC1)C2. The summed E-state index contributed by atoms with van der Waals surface area (Å²) in [7, 11) is 0. The van der Waals surface area contributed by atoms with Crippen LogP contribution in [-0.4, -0.2) is 44.7 Å². The van der Waals surface area contributed by atoms with Crippen molar-refractivity contribution >= 4 is 5.91 Å². The summed E-state index contributed by atoms with van der Waals surface area (Å²) in [5.41, 5.74) is 0. The largest absolute Gasteiger partial charge is 0.353 e. The van der Waals surface area contributed by atoms with Crippen molar-refractivity contribution in [2.45, 2.75) is 58.2 Å². The van der Waals surface area contributed by atoms with Gasteiger partial charge in [-0.15, -0.1) is 10.2 Å². The average Bonchev–Trinajstić information content (AvgIpc) is 3.07. The van der Waals surface area contributed by atoms with Gasteiger partial charge in [0.05, 0.1) is 6.54 Å². The molecular weight excluding hydrogens is 254 g/mol. The van der Waals surface area contributed by atoms with Crippen molar-refractivity contribution in [2.24, 2.45) is 0 Å². The summed E-state index contributed by atoms with van der Waals surface area (Å²) in [5.74, 6) is 2.20. The lowest BCUT2D eigenvalue weighted by Crippen LogP contribution is -2.38. The fourth-order valence-electron chi connectivity index (χ4n) is 3.17. The van der Waals surface area contributed by atoms with Gasteiger partial charge in [0.25, 0.3) is 0 Å². The second-order valence-corrected chi connectivity index (χ2v) is 5.89. The van der Waals surface area contributed by atoms with Crippen LogP contribution in [0, 0.1) is 6.92 Å². The molecule has 1 aliphatic heterocycles. The van der Waals surface area contributed by atoms with Gasteiger partial charge in [-0.2, -0.15) is 0 Å². The number of hydrogen-bond acceptors (Lipinski definition) is 4. The highest BCUT2D eigenvalue weighted by molar-refractivity contribution is 5.76. The Balaban J connectivity index is 1.44. The van der Waals surface area contributed by atoms with Gasteiger partial charge in [0.15, 0.2) is 0 Å². The summed E-state index contributed by atoms with van der Waals surface area (Å²) in [6.45, 7) is 5.50. The Kier molecular flexibility index (Phi) is 4.00. The zero-order valence-electron chi connectivity index (χ0n) is 12.1. The molecule has 2 aliphatic rings. The van der Waals surface area contributed by atoms with E-state index in [-0.39, 0.29) is 5.91 Å². The van der Waals surface area contributed by atoms with E-state index in [1.807, 2.05) is 6.92 Å². The molecule has 0 bridgehead atoms. The van der Waals surface area contributed by atoms with E-state index in [1.54, 1.807) is 0 Å². The third kappa shape index (κ3) is 3.00. The van der Waals surface area contributed by atoms with E-state index in [0.717, 1.165) is 50.7 Å². The van der Waals surface area contributed by atoms with Crippen LogP contribution in [0.3, 0.4) is 0 Å². The lowest BCUT2D eigenvalue weighted by molar-refractivity contribution is -0.122. The van der Waals surface area contributed by atoms with Crippen LogP contribution in [0.25, 0.3) is 0 Å². The predicted molar refractivity (Wildman–Crippen MR) is 75.1 cm³/mol. The molecule has 0 radical (unpaired) electrons. The third-order valence-corrected chi connectivity index (χ3v) is 4.39. The van der Waals surface area contributed by atoms with E-state index in [9.17, 15) is 4.79 Å². The molecule has 0 saturated heterocycles. The number of aryl methyl sites for hydroxylation is 1. The Morgan fingerprint density at radius 2 is 2.10 bits per heavy atom. The van der Waals surface area contributed by atoms with Crippen LogP contribution >= 0.6 is 0 Å². The van der Waals surface area contributed by atoms with Crippen LogP contribution < -0.4 is 5.32 Å². The second kappa shape index (κ2) is 5.91.